The van der Waals surface area contributed by atoms with Crippen LogP contribution in [0.25, 0.3) is 32.9 Å². The van der Waals surface area contributed by atoms with Crippen LogP contribution >= 0.6 is 11.6 Å². The fraction of sp³-hybridized carbons (Fsp3) is 0.280. The number of hydrogen-bond acceptors (Lipinski definition) is 2. The third-order valence-corrected chi connectivity index (χ3v) is 6.45. The number of rotatable bonds is 4. The molecule has 0 spiro atoms. The Morgan fingerprint density at radius 1 is 1.10 bits per heavy atom. The molecule has 0 fully saturated rings. The molecule has 2 unspecified atom stereocenters. The van der Waals surface area contributed by atoms with E-state index in [-0.39, 0.29) is 0 Å². The Morgan fingerprint density at radius 2 is 1.93 bits per heavy atom. The van der Waals surface area contributed by atoms with Crippen molar-refractivity contribution in [3.05, 3.63) is 71.8 Å². The second kappa shape index (κ2) is 7.44. The van der Waals surface area contributed by atoms with Crippen molar-refractivity contribution in [1.29, 1.82) is 0 Å². The maximum Gasteiger partial charge on any atom is 0.0707 e. The van der Waals surface area contributed by atoms with Gasteiger partial charge in [-0.3, -0.25) is 9.67 Å². The Balaban J connectivity index is 1.66. The summed E-state index contributed by atoms with van der Waals surface area (Å²) in [5.74, 6) is 0.969. The molecular weight excluding hydrogens is 392 g/mol. The molecule has 5 heteroatoms. The van der Waals surface area contributed by atoms with Gasteiger partial charge in [-0.25, -0.2) is 0 Å². The molecule has 30 heavy (non-hydrogen) atoms. The molecule has 3 heterocycles. The van der Waals surface area contributed by atoms with Crippen molar-refractivity contribution in [2.24, 2.45) is 11.8 Å². The van der Waals surface area contributed by atoms with E-state index in [0.717, 1.165) is 34.9 Å². The monoisotopic (exact) mass is 416 g/mol. The van der Waals surface area contributed by atoms with Crippen LogP contribution in [-0.4, -0.2) is 19.3 Å². The van der Waals surface area contributed by atoms with E-state index in [1.165, 1.54) is 21.8 Å². The van der Waals surface area contributed by atoms with Gasteiger partial charge in [0.25, 0.3) is 0 Å². The molecule has 0 bridgehead atoms. The van der Waals surface area contributed by atoms with Crippen molar-refractivity contribution < 1.29 is 0 Å². The van der Waals surface area contributed by atoms with Crippen molar-refractivity contribution in [2.45, 2.75) is 33.9 Å². The zero-order chi connectivity index (χ0) is 20.8. The number of aryl methyl sites for hydroxylation is 2. The lowest BCUT2D eigenvalue weighted by atomic mass is 9.90. The molecule has 1 aliphatic rings. The molecule has 0 saturated carbocycles. The lowest BCUT2D eigenvalue weighted by molar-refractivity contribution is 0.412. The average molecular weight is 417 g/mol. The minimum absolute atomic E-state index is 0.456. The highest BCUT2D eigenvalue weighted by Crippen LogP contribution is 2.39. The van der Waals surface area contributed by atoms with Crippen molar-refractivity contribution in [2.75, 3.05) is 0 Å². The zero-order valence-corrected chi connectivity index (χ0v) is 18.3. The maximum atomic E-state index is 6.58. The lowest BCUT2D eigenvalue weighted by Crippen LogP contribution is -2.16. The summed E-state index contributed by atoms with van der Waals surface area (Å²) in [4.78, 5) is 4.53. The lowest BCUT2D eigenvalue weighted by Gasteiger charge is -2.20. The first kappa shape index (κ1) is 19.1. The number of aromatic nitrogens is 4. The Hall–Kier alpha value is -2.85. The topological polar surface area (TPSA) is 35.6 Å². The third kappa shape index (κ3) is 3.07. The van der Waals surface area contributed by atoms with Gasteiger partial charge in [0.2, 0.25) is 0 Å². The fourth-order valence-corrected chi connectivity index (χ4v) is 4.89. The maximum absolute atomic E-state index is 6.58. The summed E-state index contributed by atoms with van der Waals surface area (Å²) < 4.78 is 4.41. The molecule has 1 aliphatic carbocycles. The summed E-state index contributed by atoms with van der Waals surface area (Å²) in [5, 5.41) is 7.78. The Morgan fingerprint density at radius 3 is 2.73 bits per heavy atom. The SMILES string of the molecule is CCn1c2c(-c3cnn(CC4C=CC=CC4C)c3)cc(Cl)cc2c2ccnc(C)c21. The van der Waals surface area contributed by atoms with Crippen LogP contribution in [0.15, 0.2) is 61.1 Å². The average Bonchev–Trinajstić information content (AvgIpc) is 3.32. The summed E-state index contributed by atoms with van der Waals surface area (Å²) in [6.07, 6.45) is 14.8. The van der Waals surface area contributed by atoms with Gasteiger partial charge in [0.1, 0.15) is 0 Å². The number of nitrogens with zero attached hydrogens (tertiary/aromatic N) is 4. The minimum atomic E-state index is 0.456. The molecule has 0 N–H and O–H groups in total. The molecule has 152 valence electrons. The Bertz CT molecular complexity index is 1310. The number of allylic oxidation sites excluding steroid dienone is 4. The first-order chi connectivity index (χ1) is 14.6. The van der Waals surface area contributed by atoms with Crippen LogP contribution in [0.3, 0.4) is 0 Å². The van der Waals surface area contributed by atoms with E-state index >= 15 is 0 Å². The van der Waals surface area contributed by atoms with Crippen molar-refractivity contribution in [3.8, 4) is 11.1 Å². The number of halogens is 1. The second-order valence-electron chi connectivity index (χ2n) is 8.13. The zero-order valence-electron chi connectivity index (χ0n) is 17.5. The van der Waals surface area contributed by atoms with Crippen LogP contribution in [0.5, 0.6) is 0 Å². The van der Waals surface area contributed by atoms with E-state index in [1.807, 2.05) is 12.4 Å². The Labute approximate surface area is 181 Å². The summed E-state index contributed by atoms with van der Waals surface area (Å²) in [5.41, 5.74) is 5.62. The van der Waals surface area contributed by atoms with Crippen LogP contribution < -0.4 is 0 Å². The molecule has 2 atom stereocenters. The molecule has 5 rings (SSSR count). The second-order valence-corrected chi connectivity index (χ2v) is 8.57. The smallest absolute Gasteiger partial charge is 0.0707 e. The molecule has 1 aromatic carbocycles. The summed E-state index contributed by atoms with van der Waals surface area (Å²) in [7, 11) is 0. The molecule has 4 nitrogen and oxygen atoms in total. The standard InChI is InChI=1S/C25H25ClN4/c1-4-30-24-17(3)27-10-9-21(24)23-12-20(26)11-22(25(23)30)19-13-28-29(15-19)14-18-8-6-5-7-16(18)2/h5-13,15-16,18H,4,14H2,1-3H3. The summed E-state index contributed by atoms with van der Waals surface area (Å²) >= 11 is 6.58. The number of fused-ring (bicyclic) bond motifs is 3. The van der Waals surface area contributed by atoms with Crippen molar-refractivity contribution in [1.82, 2.24) is 19.3 Å². The highest BCUT2D eigenvalue weighted by atomic mass is 35.5. The van der Waals surface area contributed by atoms with Gasteiger partial charge in [0.15, 0.2) is 0 Å². The minimum Gasteiger partial charge on any atom is -0.339 e. The van der Waals surface area contributed by atoms with Gasteiger partial charge >= 0.3 is 0 Å². The normalized spacial score (nSPS) is 18.7. The van der Waals surface area contributed by atoms with Gasteiger partial charge < -0.3 is 4.57 Å². The van der Waals surface area contributed by atoms with E-state index < -0.39 is 0 Å². The van der Waals surface area contributed by atoms with Gasteiger partial charge in [0.05, 0.1) is 22.9 Å². The third-order valence-electron chi connectivity index (χ3n) is 6.23. The van der Waals surface area contributed by atoms with E-state index in [2.05, 4.69) is 88.8 Å². The van der Waals surface area contributed by atoms with Crippen LogP contribution in [0.4, 0.5) is 0 Å². The van der Waals surface area contributed by atoms with E-state index in [4.69, 9.17) is 11.6 Å². The fourth-order valence-electron chi connectivity index (χ4n) is 4.67. The van der Waals surface area contributed by atoms with Gasteiger partial charge in [-0.15, -0.1) is 0 Å². The van der Waals surface area contributed by atoms with Crippen molar-refractivity contribution >= 4 is 33.4 Å². The molecule has 4 aromatic rings. The van der Waals surface area contributed by atoms with Crippen LogP contribution in [0.2, 0.25) is 5.02 Å². The summed E-state index contributed by atoms with van der Waals surface area (Å²) in [6.45, 7) is 8.24. The first-order valence-corrected chi connectivity index (χ1v) is 10.9. The highest BCUT2D eigenvalue weighted by molar-refractivity contribution is 6.32. The van der Waals surface area contributed by atoms with Crippen molar-refractivity contribution in [3.63, 3.8) is 0 Å². The molecular formula is C25H25ClN4. The molecule has 0 aliphatic heterocycles. The first-order valence-electron chi connectivity index (χ1n) is 10.5. The largest absolute Gasteiger partial charge is 0.339 e. The number of pyridine rings is 1. The number of hydrogen-bond donors (Lipinski definition) is 0. The van der Waals surface area contributed by atoms with Gasteiger partial charge in [0, 0.05) is 58.3 Å². The van der Waals surface area contributed by atoms with E-state index in [0.29, 0.717) is 11.8 Å². The van der Waals surface area contributed by atoms with Crippen LogP contribution in [0.1, 0.15) is 19.5 Å². The van der Waals surface area contributed by atoms with Gasteiger partial charge in [-0.2, -0.15) is 5.10 Å². The van der Waals surface area contributed by atoms with E-state index in [9.17, 15) is 0 Å². The highest BCUT2D eigenvalue weighted by Gasteiger charge is 2.19. The van der Waals surface area contributed by atoms with Gasteiger partial charge in [-0.05, 0) is 38.0 Å². The van der Waals surface area contributed by atoms with Gasteiger partial charge in [-0.1, -0.05) is 42.8 Å². The molecule has 0 radical (unpaired) electrons. The van der Waals surface area contributed by atoms with Crippen LogP contribution in [-0.2, 0) is 13.1 Å². The summed E-state index contributed by atoms with van der Waals surface area (Å²) in [6, 6.07) is 6.22. The van der Waals surface area contributed by atoms with E-state index in [1.54, 1.807) is 0 Å². The Kier molecular flexibility index (Phi) is 4.75. The molecule has 3 aromatic heterocycles. The predicted molar refractivity (Wildman–Crippen MR) is 125 cm³/mol. The predicted octanol–water partition coefficient (Wildman–Crippen LogP) is 6.41. The molecule has 0 saturated heterocycles. The quantitative estimate of drug-likeness (QED) is 0.385. The molecule has 0 amide bonds. The number of benzene rings is 1. The van der Waals surface area contributed by atoms with Crippen LogP contribution in [0, 0.1) is 18.8 Å².